The number of carbonyl (C=O) groups excluding carboxylic acids is 3. The van der Waals surface area contributed by atoms with Crippen LogP contribution < -0.4 is 16.0 Å². The predicted molar refractivity (Wildman–Crippen MR) is 162 cm³/mol. The average Bonchev–Trinajstić information content (AvgIpc) is 2.91. The first kappa shape index (κ1) is 36.2. The summed E-state index contributed by atoms with van der Waals surface area (Å²) in [6, 6.07) is -0.124. The second kappa shape index (κ2) is 24.9. The number of hydrogen-bond acceptors (Lipinski definition) is 5. The molecule has 0 saturated heterocycles. The SMILES string of the molecule is CC(=O)OCCCCCCCCCCCCCCCCNC(=O)NCCC1(C(=O)NCCCCCCO)CCC1. The van der Waals surface area contributed by atoms with Crippen molar-refractivity contribution in [2.45, 2.75) is 148 Å². The van der Waals surface area contributed by atoms with Gasteiger partial charge < -0.3 is 25.8 Å². The lowest BCUT2D eigenvalue weighted by atomic mass is 9.66. The summed E-state index contributed by atoms with van der Waals surface area (Å²) in [6.45, 7) is 4.21. The van der Waals surface area contributed by atoms with Crippen LogP contribution in [0.5, 0.6) is 0 Å². The molecule has 0 aliphatic heterocycles. The van der Waals surface area contributed by atoms with Gasteiger partial charge in [-0.1, -0.05) is 96.3 Å². The summed E-state index contributed by atoms with van der Waals surface area (Å²) < 4.78 is 4.95. The number of unbranched alkanes of at least 4 members (excludes halogenated alkanes) is 16. The van der Waals surface area contributed by atoms with Crippen LogP contribution in [0.2, 0.25) is 0 Å². The van der Waals surface area contributed by atoms with Crippen LogP contribution in [0, 0.1) is 5.41 Å². The fourth-order valence-electron chi connectivity index (χ4n) is 5.42. The number of aliphatic hydroxyl groups excluding tert-OH is 1. The minimum Gasteiger partial charge on any atom is -0.466 e. The van der Waals surface area contributed by atoms with E-state index >= 15 is 0 Å². The normalized spacial score (nSPS) is 13.8. The predicted octanol–water partition coefficient (Wildman–Crippen LogP) is 6.54. The van der Waals surface area contributed by atoms with Gasteiger partial charge in [-0.3, -0.25) is 9.59 Å². The van der Waals surface area contributed by atoms with Crippen LogP contribution >= 0.6 is 0 Å². The Bertz CT molecular complexity index is 654. The summed E-state index contributed by atoms with van der Waals surface area (Å²) in [5.74, 6) is -0.0349. The third kappa shape index (κ3) is 19.3. The average molecular weight is 568 g/mol. The molecule has 40 heavy (non-hydrogen) atoms. The zero-order chi connectivity index (χ0) is 29.2. The van der Waals surface area contributed by atoms with Gasteiger partial charge in [-0.2, -0.15) is 0 Å². The smallest absolute Gasteiger partial charge is 0.314 e. The summed E-state index contributed by atoms with van der Waals surface area (Å²) in [6.07, 6.45) is 24.7. The van der Waals surface area contributed by atoms with Gasteiger partial charge in [0, 0.05) is 33.2 Å². The molecule has 0 atom stereocenters. The maximum atomic E-state index is 12.7. The molecule has 1 fully saturated rings. The molecule has 0 aromatic heterocycles. The summed E-state index contributed by atoms with van der Waals surface area (Å²) in [5.41, 5.74) is -0.299. The van der Waals surface area contributed by atoms with E-state index in [9.17, 15) is 14.4 Å². The zero-order valence-corrected chi connectivity index (χ0v) is 25.7. The largest absolute Gasteiger partial charge is 0.466 e. The standard InChI is InChI=1S/C32H61N3O5/c1-29(37)40-28-19-15-11-9-7-5-3-2-4-6-8-10-12-17-25-34-31(39)35-26-23-32(21-20-22-32)30(38)33-24-16-13-14-18-27-36/h36H,2-28H2,1H3,(H,33,38)(H2,34,35,39). The molecule has 0 unspecified atom stereocenters. The van der Waals surface area contributed by atoms with Gasteiger partial charge in [-0.05, 0) is 44.9 Å². The summed E-state index contributed by atoms with van der Waals surface area (Å²) >= 11 is 0. The number of aliphatic hydroxyl groups is 1. The van der Waals surface area contributed by atoms with E-state index in [4.69, 9.17) is 9.84 Å². The Balaban J connectivity index is 1.86. The zero-order valence-electron chi connectivity index (χ0n) is 25.7. The van der Waals surface area contributed by atoms with Crippen LogP contribution in [0.4, 0.5) is 4.79 Å². The second-order valence-electron chi connectivity index (χ2n) is 11.8. The number of ether oxygens (including phenoxy) is 1. The number of amides is 3. The summed E-state index contributed by atoms with van der Waals surface area (Å²) in [5, 5.41) is 17.8. The highest BCUT2D eigenvalue weighted by atomic mass is 16.5. The molecule has 1 saturated carbocycles. The van der Waals surface area contributed by atoms with Crippen molar-refractivity contribution in [1.29, 1.82) is 0 Å². The minimum absolute atomic E-state index is 0.124. The minimum atomic E-state index is -0.299. The fourth-order valence-corrected chi connectivity index (χ4v) is 5.42. The maximum Gasteiger partial charge on any atom is 0.314 e. The Morgan fingerprint density at radius 2 is 1.07 bits per heavy atom. The Labute approximate surface area is 244 Å². The number of esters is 1. The molecule has 1 rings (SSSR count). The molecular formula is C32H61N3O5. The lowest BCUT2D eigenvalue weighted by Gasteiger charge is -2.40. The van der Waals surface area contributed by atoms with Crippen LogP contribution in [-0.2, 0) is 14.3 Å². The molecule has 4 N–H and O–H groups in total. The van der Waals surface area contributed by atoms with E-state index in [0.29, 0.717) is 32.7 Å². The first-order chi connectivity index (χ1) is 19.5. The van der Waals surface area contributed by atoms with Crippen molar-refractivity contribution < 1.29 is 24.2 Å². The van der Waals surface area contributed by atoms with Crippen molar-refractivity contribution in [1.82, 2.24) is 16.0 Å². The Hall–Kier alpha value is -1.83. The summed E-state index contributed by atoms with van der Waals surface area (Å²) in [4.78, 5) is 35.5. The molecule has 0 aromatic carbocycles. The van der Waals surface area contributed by atoms with Crippen LogP contribution in [0.15, 0.2) is 0 Å². The number of nitrogens with one attached hydrogen (secondary N) is 3. The van der Waals surface area contributed by atoms with Crippen molar-refractivity contribution in [3.63, 3.8) is 0 Å². The molecule has 1 aliphatic carbocycles. The Morgan fingerprint density at radius 1 is 0.625 bits per heavy atom. The van der Waals surface area contributed by atoms with E-state index < -0.39 is 0 Å². The molecule has 234 valence electrons. The molecule has 0 heterocycles. The fraction of sp³-hybridized carbons (Fsp3) is 0.906. The van der Waals surface area contributed by atoms with E-state index in [1.807, 2.05) is 0 Å². The van der Waals surface area contributed by atoms with Crippen LogP contribution in [0.1, 0.15) is 148 Å². The lowest BCUT2D eigenvalue weighted by Crippen LogP contribution is -2.48. The van der Waals surface area contributed by atoms with Crippen molar-refractivity contribution in [2.24, 2.45) is 5.41 Å². The number of urea groups is 1. The monoisotopic (exact) mass is 567 g/mol. The Kier molecular flexibility index (Phi) is 22.6. The van der Waals surface area contributed by atoms with Crippen molar-refractivity contribution in [3.8, 4) is 0 Å². The number of hydrogen-bond donors (Lipinski definition) is 4. The van der Waals surface area contributed by atoms with Gasteiger partial charge in [-0.15, -0.1) is 0 Å². The maximum absolute atomic E-state index is 12.7. The molecule has 3 amide bonds. The molecule has 0 spiro atoms. The first-order valence-electron chi connectivity index (χ1n) is 16.5. The topological polar surface area (TPSA) is 117 Å². The highest BCUT2D eigenvalue weighted by Gasteiger charge is 2.43. The Morgan fingerprint density at radius 3 is 1.55 bits per heavy atom. The van der Waals surface area contributed by atoms with Gasteiger partial charge in [0.15, 0.2) is 0 Å². The van der Waals surface area contributed by atoms with Gasteiger partial charge in [0.25, 0.3) is 0 Å². The van der Waals surface area contributed by atoms with Gasteiger partial charge in [-0.25, -0.2) is 4.79 Å². The van der Waals surface area contributed by atoms with Gasteiger partial charge in [0.2, 0.25) is 5.91 Å². The third-order valence-corrected chi connectivity index (χ3v) is 8.21. The van der Waals surface area contributed by atoms with E-state index in [-0.39, 0.29) is 29.9 Å². The van der Waals surface area contributed by atoms with Crippen LogP contribution in [0.25, 0.3) is 0 Å². The molecule has 8 nitrogen and oxygen atoms in total. The third-order valence-electron chi connectivity index (χ3n) is 8.21. The van der Waals surface area contributed by atoms with E-state index in [2.05, 4.69) is 16.0 Å². The van der Waals surface area contributed by atoms with Gasteiger partial charge in [0.1, 0.15) is 0 Å². The molecule has 0 radical (unpaired) electrons. The molecule has 1 aliphatic rings. The number of rotatable bonds is 27. The highest BCUT2D eigenvalue weighted by molar-refractivity contribution is 5.83. The highest BCUT2D eigenvalue weighted by Crippen LogP contribution is 2.43. The number of carbonyl (C=O) groups is 3. The molecular weight excluding hydrogens is 506 g/mol. The van der Waals surface area contributed by atoms with Gasteiger partial charge >= 0.3 is 12.0 Å². The van der Waals surface area contributed by atoms with Gasteiger partial charge in [0.05, 0.1) is 12.0 Å². The second-order valence-corrected chi connectivity index (χ2v) is 11.8. The van der Waals surface area contributed by atoms with E-state index in [1.165, 1.54) is 71.1 Å². The summed E-state index contributed by atoms with van der Waals surface area (Å²) in [7, 11) is 0. The van der Waals surface area contributed by atoms with Crippen molar-refractivity contribution >= 4 is 17.9 Å². The first-order valence-corrected chi connectivity index (χ1v) is 16.5. The molecule has 0 bridgehead atoms. The molecule has 8 heteroatoms. The van der Waals surface area contributed by atoms with Crippen molar-refractivity contribution in [2.75, 3.05) is 32.8 Å². The van der Waals surface area contributed by atoms with Crippen LogP contribution in [0.3, 0.4) is 0 Å². The van der Waals surface area contributed by atoms with Crippen LogP contribution in [-0.4, -0.2) is 55.9 Å². The van der Waals surface area contributed by atoms with E-state index in [0.717, 1.165) is 70.6 Å². The van der Waals surface area contributed by atoms with Crippen molar-refractivity contribution in [3.05, 3.63) is 0 Å². The van der Waals surface area contributed by atoms with E-state index in [1.54, 1.807) is 0 Å². The molecule has 0 aromatic rings. The lowest BCUT2D eigenvalue weighted by molar-refractivity contribution is -0.141. The quantitative estimate of drug-likeness (QED) is 0.0664.